The van der Waals surface area contributed by atoms with E-state index in [1.165, 1.54) is 5.56 Å². The predicted molar refractivity (Wildman–Crippen MR) is 86.9 cm³/mol. The lowest BCUT2D eigenvalue weighted by atomic mass is 9.65. The van der Waals surface area contributed by atoms with Crippen molar-refractivity contribution >= 4 is 0 Å². The van der Waals surface area contributed by atoms with Gasteiger partial charge in [-0.15, -0.1) is 0 Å². The number of aliphatic hydroxyl groups is 1. The van der Waals surface area contributed by atoms with Crippen LogP contribution in [0.25, 0.3) is 0 Å². The second-order valence-electron chi connectivity index (χ2n) is 6.86. The second-order valence-corrected chi connectivity index (χ2v) is 6.86. The third-order valence-electron chi connectivity index (χ3n) is 5.74. The average molecular weight is 305 g/mol. The highest BCUT2D eigenvalue weighted by molar-refractivity contribution is 5.51. The molecule has 1 aromatic rings. The van der Waals surface area contributed by atoms with Gasteiger partial charge in [0.05, 0.1) is 20.3 Å². The molecule has 1 aromatic carbocycles. The van der Waals surface area contributed by atoms with Crippen molar-refractivity contribution in [2.45, 2.75) is 50.2 Å². The molecule has 0 amide bonds. The Morgan fingerprint density at radius 3 is 2.68 bits per heavy atom. The number of rotatable bonds is 3. The van der Waals surface area contributed by atoms with Crippen LogP contribution < -0.4 is 9.47 Å². The summed E-state index contributed by atoms with van der Waals surface area (Å²) in [5, 5.41) is 10.1. The Morgan fingerprint density at radius 1 is 1.23 bits per heavy atom. The summed E-state index contributed by atoms with van der Waals surface area (Å²) in [6.07, 6.45) is 3.77. The van der Waals surface area contributed by atoms with Gasteiger partial charge in [0.1, 0.15) is 0 Å². The number of methoxy groups -OCH3 is 2. The Bertz CT molecular complexity index is 560. The Kier molecular flexibility index (Phi) is 4.08. The summed E-state index contributed by atoms with van der Waals surface area (Å²) in [6.45, 7) is 3.16. The van der Waals surface area contributed by atoms with Crippen molar-refractivity contribution < 1.29 is 14.6 Å². The number of likely N-dealkylation sites (N-methyl/N-ethyl adjacent to an activating group) is 1. The van der Waals surface area contributed by atoms with Gasteiger partial charge in [-0.1, -0.05) is 6.07 Å². The van der Waals surface area contributed by atoms with Crippen LogP contribution >= 0.6 is 0 Å². The minimum absolute atomic E-state index is 0.137. The Balaban J connectivity index is 2.07. The van der Waals surface area contributed by atoms with Gasteiger partial charge in [0.15, 0.2) is 11.5 Å². The van der Waals surface area contributed by atoms with Crippen molar-refractivity contribution in [2.75, 3.05) is 27.8 Å². The van der Waals surface area contributed by atoms with Crippen molar-refractivity contribution in [1.29, 1.82) is 0 Å². The lowest BCUT2D eigenvalue weighted by Crippen LogP contribution is -2.47. The minimum Gasteiger partial charge on any atom is -0.493 e. The largest absolute Gasteiger partial charge is 0.493 e. The zero-order valence-corrected chi connectivity index (χ0v) is 14.1. The van der Waals surface area contributed by atoms with Crippen LogP contribution in [-0.4, -0.2) is 50.0 Å². The zero-order valence-electron chi connectivity index (χ0n) is 14.1. The molecule has 1 saturated carbocycles. The fraction of sp³-hybridized carbons (Fsp3) is 0.667. The average Bonchev–Trinajstić information content (AvgIpc) is 2.84. The first-order chi connectivity index (χ1) is 10.5. The quantitative estimate of drug-likeness (QED) is 0.931. The third-order valence-corrected chi connectivity index (χ3v) is 5.74. The number of benzene rings is 1. The molecule has 0 bridgehead atoms. The number of aryl methyl sites for hydroxylation is 1. The molecular weight excluding hydrogens is 278 g/mol. The van der Waals surface area contributed by atoms with Crippen molar-refractivity contribution in [2.24, 2.45) is 0 Å². The molecule has 2 unspecified atom stereocenters. The Morgan fingerprint density at radius 2 is 2.00 bits per heavy atom. The van der Waals surface area contributed by atoms with E-state index in [1.54, 1.807) is 14.2 Å². The van der Waals surface area contributed by atoms with Crippen LogP contribution in [-0.2, 0) is 5.41 Å². The maximum Gasteiger partial charge on any atom is 0.163 e. The molecule has 1 heterocycles. The lowest BCUT2D eigenvalue weighted by Gasteiger charge is -2.43. The van der Waals surface area contributed by atoms with Crippen molar-refractivity contribution in [3.05, 3.63) is 23.3 Å². The van der Waals surface area contributed by atoms with Gasteiger partial charge in [0.2, 0.25) is 0 Å². The van der Waals surface area contributed by atoms with E-state index in [4.69, 9.17) is 9.47 Å². The first kappa shape index (κ1) is 15.6. The van der Waals surface area contributed by atoms with Crippen LogP contribution in [0.3, 0.4) is 0 Å². The van der Waals surface area contributed by atoms with E-state index in [1.807, 2.05) is 0 Å². The monoisotopic (exact) mass is 305 g/mol. The standard InChI is InChI=1S/C18H27NO3/c1-12-9-13(10-15(21-3)17(12)22-4)18-6-5-14(20)11-16(18)19(2)8-7-18/h9-10,14,16,20H,5-8,11H2,1-4H3/t14?,16?,18-/m0/s1. The van der Waals surface area contributed by atoms with Gasteiger partial charge < -0.3 is 19.5 Å². The fourth-order valence-electron chi connectivity index (χ4n) is 4.54. The molecule has 1 N–H and O–H groups in total. The number of hydrogen-bond donors (Lipinski definition) is 1. The van der Waals surface area contributed by atoms with E-state index in [2.05, 4.69) is 31.0 Å². The Hall–Kier alpha value is -1.26. The van der Waals surface area contributed by atoms with Crippen LogP contribution in [0.4, 0.5) is 0 Å². The number of ether oxygens (including phenoxy) is 2. The van der Waals surface area contributed by atoms with E-state index in [-0.39, 0.29) is 11.5 Å². The highest BCUT2D eigenvalue weighted by atomic mass is 16.5. The second kappa shape index (κ2) is 5.74. The van der Waals surface area contributed by atoms with Crippen LogP contribution in [0, 0.1) is 6.92 Å². The molecule has 3 rings (SSSR count). The van der Waals surface area contributed by atoms with Crippen molar-refractivity contribution in [1.82, 2.24) is 4.90 Å². The summed E-state index contributed by atoms with van der Waals surface area (Å²) in [5.41, 5.74) is 2.59. The molecule has 4 heteroatoms. The van der Waals surface area contributed by atoms with Gasteiger partial charge in [0, 0.05) is 11.5 Å². The maximum atomic E-state index is 10.1. The van der Waals surface area contributed by atoms with E-state index in [9.17, 15) is 5.11 Å². The van der Waals surface area contributed by atoms with Gasteiger partial charge in [-0.2, -0.15) is 0 Å². The summed E-state index contributed by atoms with van der Waals surface area (Å²) in [4.78, 5) is 2.41. The summed E-state index contributed by atoms with van der Waals surface area (Å²) in [6, 6.07) is 4.81. The molecule has 4 nitrogen and oxygen atoms in total. The smallest absolute Gasteiger partial charge is 0.163 e. The van der Waals surface area contributed by atoms with Gasteiger partial charge >= 0.3 is 0 Å². The third kappa shape index (κ3) is 2.29. The van der Waals surface area contributed by atoms with Gasteiger partial charge in [0.25, 0.3) is 0 Å². The number of nitrogens with zero attached hydrogens (tertiary/aromatic N) is 1. The fourth-order valence-corrected chi connectivity index (χ4v) is 4.54. The van der Waals surface area contributed by atoms with Crippen molar-refractivity contribution in [3.8, 4) is 11.5 Å². The summed E-state index contributed by atoms with van der Waals surface area (Å²) < 4.78 is 11.0. The molecule has 1 aliphatic carbocycles. The first-order valence-corrected chi connectivity index (χ1v) is 8.13. The van der Waals surface area contributed by atoms with Gasteiger partial charge in [-0.25, -0.2) is 0 Å². The molecule has 0 spiro atoms. The predicted octanol–water partition coefficient (Wildman–Crippen LogP) is 2.50. The number of hydrogen-bond acceptors (Lipinski definition) is 4. The molecule has 0 aromatic heterocycles. The zero-order chi connectivity index (χ0) is 15.9. The number of aliphatic hydroxyl groups excluding tert-OH is 1. The molecular formula is C18H27NO3. The van der Waals surface area contributed by atoms with E-state index >= 15 is 0 Å². The lowest BCUT2D eigenvalue weighted by molar-refractivity contribution is 0.0566. The summed E-state index contributed by atoms with van der Waals surface area (Å²) in [5.74, 6) is 1.63. The van der Waals surface area contributed by atoms with E-state index < -0.39 is 0 Å². The Labute approximate surface area is 133 Å². The van der Waals surface area contributed by atoms with E-state index in [0.717, 1.165) is 49.3 Å². The number of likely N-dealkylation sites (tertiary alicyclic amines) is 1. The summed E-state index contributed by atoms with van der Waals surface area (Å²) >= 11 is 0. The molecule has 122 valence electrons. The molecule has 3 atom stereocenters. The molecule has 1 aliphatic heterocycles. The van der Waals surface area contributed by atoms with Crippen molar-refractivity contribution in [3.63, 3.8) is 0 Å². The normalized spacial score (nSPS) is 31.9. The molecule has 0 radical (unpaired) electrons. The van der Waals surface area contributed by atoms with E-state index in [0.29, 0.717) is 6.04 Å². The molecule has 2 aliphatic rings. The molecule has 1 saturated heterocycles. The topological polar surface area (TPSA) is 41.9 Å². The SMILES string of the molecule is COc1cc([C@@]23CCC(O)CC2N(C)CC3)cc(C)c1OC. The number of fused-ring (bicyclic) bond motifs is 1. The van der Waals surface area contributed by atoms with Crippen LogP contribution in [0.5, 0.6) is 11.5 Å². The van der Waals surface area contributed by atoms with Gasteiger partial charge in [-0.05, 0) is 63.4 Å². The molecule has 2 fully saturated rings. The van der Waals surface area contributed by atoms with Crippen LogP contribution in [0.15, 0.2) is 12.1 Å². The minimum atomic E-state index is -0.167. The summed E-state index contributed by atoms with van der Waals surface area (Å²) in [7, 11) is 5.56. The molecule has 22 heavy (non-hydrogen) atoms. The highest BCUT2D eigenvalue weighted by Crippen LogP contribution is 2.50. The van der Waals surface area contributed by atoms with Crippen LogP contribution in [0.1, 0.15) is 36.8 Å². The highest BCUT2D eigenvalue weighted by Gasteiger charge is 2.50. The van der Waals surface area contributed by atoms with Gasteiger partial charge in [-0.3, -0.25) is 0 Å². The maximum absolute atomic E-state index is 10.1. The van der Waals surface area contributed by atoms with Crippen LogP contribution in [0.2, 0.25) is 0 Å². The first-order valence-electron chi connectivity index (χ1n) is 8.13.